The molecule has 0 aliphatic heterocycles. The van der Waals surface area contributed by atoms with Crippen LogP contribution in [0.15, 0.2) is 24.3 Å². The maximum atomic E-state index is 11.6. The van der Waals surface area contributed by atoms with E-state index in [1.165, 1.54) is 0 Å². The van der Waals surface area contributed by atoms with Gasteiger partial charge < -0.3 is 0 Å². The van der Waals surface area contributed by atoms with Crippen molar-refractivity contribution < 1.29 is 9.85 Å². The summed E-state index contributed by atoms with van der Waals surface area (Å²) in [6.07, 6.45) is 0. The number of non-ortho nitro benzene ring substituents is 2. The first-order valence-electron chi connectivity index (χ1n) is 8.99. The number of hydrogen-bond donors (Lipinski definition) is 0. The van der Waals surface area contributed by atoms with Gasteiger partial charge in [-0.15, -0.1) is 0 Å². The topological polar surface area (TPSA) is 86.3 Å². The smallest absolute Gasteiger partial charge is 0.258 e. The second kappa shape index (κ2) is 4.74. The van der Waals surface area contributed by atoms with Crippen LogP contribution in [-0.2, 0) is 16.2 Å². The summed E-state index contributed by atoms with van der Waals surface area (Å²) in [6, 6.07) is 6.66. The molecule has 0 spiro atoms. The first-order valence-corrected chi connectivity index (χ1v) is 8.99. The van der Waals surface area contributed by atoms with Gasteiger partial charge in [-0.05, 0) is 44.2 Å². The number of hydrogen-bond acceptors (Lipinski definition) is 4. The molecule has 0 heterocycles. The van der Waals surface area contributed by atoms with Crippen molar-refractivity contribution in [3.05, 3.63) is 66.7 Å². The molecule has 0 unspecified atom stereocenters. The highest BCUT2D eigenvalue weighted by molar-refractivity contribution is 5.91. The van der Waals surface area contributed by atoms with Crippen molar-refractivity contribution in [2.75, 3.05) is 0 Å². The zero-order valence-electron chi connectivity index (χ0n) is 16.3. The molecule has 0 aromatic heterocycles. The summed E-state index contributed by atoms with van der Waals surface area (Å²) >= 11 is 0. The molecule has 0 fully saturated rings. The van der Waals surface area contributed by atoms with Gasteiger partial charge in [-0.25, -0.2) is 0 Å². The molecule has 0 saturated heterocycles. The minimum absolute atomic E-state index is 0.0754. The lowest BCUT2D eigenvalue weighted by molar-refractivity contribution is -0.385. The number of nitro groups is 2. The van der Waals surface area contributed by atoms with Crippen LogP contribution in [0.25, 0.3) is 11.1 Å². The Bertz CT molecular complexity index is 981. The van der Waals surface area contributed by atoms with Crippen LogP contribution in [0.5, 0.6) is 0 Å². The van der Waals surface area contributed by atoms with Gasteiger partial charge in [0.2, 0.25) is 0 Å². The van der Waals surface area contributed by atoms with Gasteiger partial charge in [-0.2, -0.15) is 0 Å². The summed E-state index contributed by atoms with van der Waals surface area (Å²) in [7, 11) is 0. The average molecular weight is 366 g/mol. The summed E-state index contributed by atoms with van der Waals surface area (Å²) < 4.78 is 0. The van der Waals surface area contributed by atoms with Gasteiger partial charge in [-0.1, -0.05) is 41.5 Å². The van der Waals surface area contributed by atoms with Crippen LogP contribution in [0.1, 0.15) is 63.8 Å². The van der Waals surface area contributed by atoms with Crippen LogP contribution in [-0.4, -0.2) is 9.85 Å². The predicted octanol–water partition coefficient (Wildman–Crippen LogP) is 5.38. The Morgan fingerprint density at radius 3 is 1.22 bits per heavy atom. The van der Waals surface area contributed by atoms with Crippen LogP contribution < -0.4 is 0 Å². The fraction of sp³-hybridized carbons (Fsp3) is 0.429. The minimum atomic E-state index is -0.539. The predicted molar refractivity (Wildman–Crippen MR) is 103 cm³/mol. The van der Waals surface area contributed by atoms with Crippen LogP contribution in [0.4, 0.5) is 11.4 Å². The van der Waals surface area contributed by atoms with Crippen molar-refractivity contribution in [1.29, 1.82) is 0 Å². The molecule has 2 aromatic carbocycles. The lowest BCUT2D eigenvalue weighted by atomic mass is 9.55. The van der Waals surface area contributed by atoms with E-state index in [0.29, 0.717) is 0 Å². The maximum absolute atomic E-state index is 11.6. The Balaban J connectivity index is 2.25. The van der Waals surface area contributed by atoms with E-state index in [1.807, 2.05) is 13.8 Å². The molecule has 2 aliphatic rings. The fourth-order valence-corrected chi connectivity index (χ4v) is 4.79. The van der Waals surface area contributed by atoms with Crippen molar-refractivity contribution >= 4 is 11.4 Å². The van der Waals surface area contributed by atoms with E-state index < -0.39 is 16.2 Å². The maximum Gasteiger partial charge on any atom is 0.270 e. The zero-order valence-corrected chi connectivity index (χ0v) is 16.3. The van der Waals surface area contributed by atoms with Gasteiger partial charge in [0.1, 0.15) is 0 Å². The minimum Gasteiger partial charge on any atom is -0.258 e. The monoisotopic (exact) mass is 366 g/mol. The summed E-state index contributed by atoms with van der Waals surface area (Å²) in [5.41, 5.74) is 4.46. The third-order valence-electron chi connectivity index (χ3n) is 7.17. The van der Waals surface area contributed by atoms with E-state index >= 15 is 0 Å². The van der Waals surface area contributed by atoms with Gasteiger partial charge in [0.05, 0.1) is 9.85 Å². The Labute approximate surface area is 157 Å². The largest absolute Gasteiger partial charge is 0.270 e. The standard InChI is InChI=1S/C21H22N2O4/c1-19(2)13-7-11(22(24)25)9-15-17(13)18-14(19)8-12(23(26)27)10-16(18)21(5,6)20(15,3)4/h7-10H,1-6H3. The second-order valence-electron chi connectivity index (χ2n) is 9.22. The average Bonchev–Trinajstić information content (AvgIpc) is 2.80. The molecule has 6 heteroatoms. The normalized spacial score (nSPS) is 19.5. The van der Waals surface area contributed by atoms with Crippen molar-refractivity contribution in [2.45, 2.75) is 57.8 Å². The van der Waals surface area contributed by atoms with Gasteiger partial charge in [0.15, 0.2) is 0 Å². The van der Waals surface area contributed by atoms with E-state index in [2.05, 4.69) is 27.7 Å². The number of benzene rings is 2. The molecular weight excluding hydrogens is 344 g/mol. The molecule has 0 saturated carbocycles. The lowest BCUT2D eigenvalue weighted by Crippen LogP contribution is -2.43. The fourth-order valence-electron chi connectivity index (χ4n) is 4.79. The number of nitrogens with zero attached hydrogens (tertiary/aromatic N) is 2. The summed E-state index contributed by atoms with van der Waals surface area (Å²) in [4.78, 5) is 22.5. The van der Waals surface area contributed by atoms with E-state index in [4.69, 9.17) is 0 Å². The molecule has 27 heavy (non-hydrogen) atoms. The quantitative estimate of drug-likeness (QED) is 0.527. The molecule has 6 nitrogen and oxygen atoms in total. The van der Waals surface area contributed by atoms with Crippen LogP contribution in [0, 0.1) is 20.2 Å². The third kappa shape index (κ3) is 1.90. The summed E-state index contributed by atoms with van der Waals surface area (Å²) in [5, 5.41) is 23.2. The lowest BCUT2D eigenvalue weighted by Gasteiger charge is -2.47. The van der Waals surface area contributed by atoms with Gasteiger partial charge in [0, 0.05) is 29.7 Å². The molecule has 0 amide bonds. The van der Waals surface area contributed by atoms with Crippen LogP contribution in [0.3, 0.4) is 0 Å². The van der Waals surface area contributed by atoms with E-state index in [9.17, 15) is 20.2 Å². The summed E-state index contributed by atoms with van der Waals surface area (Å²) in [6.45, 7) is 12.3. The molecule has 0 bridgehead atoms. The van der Waals surface area contributed by atoms with Crippen molar-refractivity contribution in [1.82, 2.24) is 0 Å². The second-order valence-corrected chi connectivity index (χ2v) is 9.22. The first-order chi connectivity index (χ1) is 12.3. The third-order valence-corrected chi connectivity index (χ3v) is 7.17. The Morgan fingerprint density at radius 2 is 0.926 bits per heavy atom. The van der Waals surface area contributed by atoms with E-state index in [1.54, 1.807) is 24.3 Å². The molecule has 0 atom stereocenters. The molecule has 2 aliphatic carbocycles. The van der Waals surface area contributed by atoms with Gasteiger partial charge in [-0.3, -0.25) is 20.2 Å². The van der Waals surface area contributed by atoms with Crippen molar-refractivity contribution in [2.24, 2.45) is 0 Å². The van der Waals surface area contributed by atoms with Crippen LogP contribution >= 0.6 is 0 Å². The zero-order chi connectivity index (χ0) is 20.1. The number of rotatable bonds is 2. The first kappa shape index (κ1) is 17.6. The van der Waals surface area contributed by atoms with Gasteiger partial charge >= 0.3 is 0 Å². The number of nitro benzene ring substituents is 2. The van der Waals surface area contributed by atoms with Gasteiger partial charge in [0.25, 0.3) is 11.4 Å². The molecule has 2 aromatic rings. The molecule has 0 radical (unpaired) electrons. The van der Waals surface area contributed by atoms with Crippen LogP contribution in [0.2, 0.25) is 0 Å². The van der Waals surface area contributed by atoms with Crippen molar-refractivity contribution in [3.8, 4) is 11.1 Å². The van der Waals surface area contributed by atoms with E-state index in [-0.39, 0.29) is 21.2 Å². The Morgan fingerprint density at radius 1 is 0.630 bits per heavy atom. The molecule has 4 rings (SSSR count). The van der Waals surface area contributed by atoms with E-state index in [0.717, 1.165) is 33.4 Å². The highest BCUT2D eigenvalue weighted by Crippen LogP contribution is 2.63. The van der Waals surface area contributed by atoms with Crippen molar-refractivity contribution in [3.63, 3.8) is 0 Å². The highest BCUT2D eigenvalue weighted by atomic mass is 16.6. The molecule has 140 valence electrons. The summed E-state index contributed by atoms with van der Waals surface area (Å²) in [5.74, 6) is 0. The molecule has 0 N–H and O–H groups in total. The molecular formula is C21H22N2O4. The Hall–Kier alpha value is -2.76. The SMILES string of the molecule is CC1(C)c2cc([N+](=O)[O-])cc3c2-c2c1cc([N+](=O)[O-])cc2C(C)(C)C3(C)C. The highest BCUT2D eigenvalue weighted by Gasteiger charge is 2.53. The Kier molecular flexibility index (Phi) is 3.10.